The second-order valence-electron chi connectivity index (χ2n) is 9.27. The highest BCUT2D eigenvalue weighted by atomic mass is 19.1. The minimum absolute atomic E-state index is 0.186. The van der Waals surface area contributed by atoms with Crippen molar-refractivity contribution in [1.29, 1.82) is 0 Å². The van der Waals surface area contributed by atoms with Crippen molar-refractivity contribution >= 4 is 28.4 Å². The molecule has 0 bridgehead atoms. The Hall–Kier alpha value is -3.43. The molecular weight excluding hydrogens is 463 g/mol. The number of rotatable bonds is 9. The smallest absolute Gasteiger partial charge is 0.251 e. The first-order chi connectivity index (χ1) is 17.3. The summed E-state index contributed by atoms with van der Waals surface area (Å²) in [6, 6.07) is 11.2. The average Bonchev–Trinajstić information content (AvgIpc) is 2.87. The maximum absolute atomic E-state index is 13.3. The predicted molar refractivity (Wildman–Crippen MR) is 140 cm³/mol. The van der Waals surface area contributed by atoms with E-state index in [9.17, 15) is 14.0 Å². The van der Waals surface area contributed by atoms with E-state index in [0.29, 0.717) is 74.8 Å². The van der Waals surface area contributed by atoms with Crippen molar-refractivity contribution in [3.63, 3.8) is 0 Å². The third-order valence-electron chi connectivity index (χ3n) is 6.31. The summed E-state index contributed by atoms with van der Waals surface area (Å²) >= 11 is 0. The topological polar surface area (TPSA) is 78.3 Å². The maximum Gasteiger partial charge on any atom is 0.251 e. The summed E-state index contributed by atoms with van der Waals surface area (Å²) in [7, 11) is 5.80. The molecule has 0 aliphatic carbocycles. The number of anilines is 2. The van der Waals surface area contributed by atoms with E-state index >= 15 is 0 Å². The van der Waals surface area contributed by atoms with E-state index in [2.05, 4.69) is 5.32 Å². The lowest BCUT2D eigenvalue weighted by atomic mass is 10.0. The van der Waals surface area contributed by atoms with Gasteiger partial charge in [-0.1, -0.05) is 0 Å². The van der Waals surface area contributed by atoms with E-state index in [-0.39, 0.29) is 17.2 Å². The molecule has 1 aromatic heterocycles. The molecule has 9 heteroatoms. The Morgan fingerprint density at radius 3 is 2.47 bits per heavy atom. The van der Waals surface area contributed by atoms with Crippen molar-refractivity contribution < 1.29 is 18.3 Å². The van der Waals surface area contributed by atoms with Gasteiger partial charge in [0.2, 0.25) is 0 Å². The molecule has 2 aromatic carbocycles. The minimum Gasteiger partial charge on any atom is -0.440 e. The molecule has 3 aromatic rings. The Balaban J connectivity index is 1.67. The SMILES string of the molecule is CN(C)CCNC(=O)c1cc(CCN(C)c2ccc(F)cc2)c2oc(N3CCOCC3)cc(=O)c2c1. The van der Waals surface area contributed by atoms with Gasteiger partial charge in [0, 0.05) is 57.1 Å². The summed E-state index contributed by atoms with van der Waals surface area (Å²) in [6.07, 6.45) is 0.526. The Labute approximate surface area is 210 Å². The van der Waals surface area contributed by atoms with Crippen LogP contribution in [-0.4, -0.2) is 77.9 Å². The predicted octanol–water partition coefficient (Wildman–Crippen LogP) is 2.74. The summed E-state index contributed by atoms with van der Waals surface area (Å²) < 4.78 is 25.1. The van der Waals surface area contributed by atoms with Crippen LogP contribution < -0.4 is 20.5 Å². The van der Waals surface area contributed by atoms with E-state index in [0.717, 1.165) is 11.3 Å². The molecule has 192 valence electrons. The zero-order valence-corrected chi connectivity index (χ0v) is 21.1. The number of nitrogens with one attached hydrogen (secondary N) is 1. The number of hydrogen-bond donors (Lipinski definition) is 1. The van der Waals surface area contributed by atoms with E-state index in [4.69, 9.17) is 9.15 Å². The van der Waals surface area contributed by atoms with Crippen LogP contribution in [0.5, 0.6) is 0 Å². The standard InChI is InChI=1S/C27H33FN4O4/c1-30(2)11-9-29-27(34)20-16-19(8-10-31(3)22-6-4-21(28)5-7-22)26-23(17-20)24(33)18-25(36-26)32-12-14-35-15-13-32/h4-7,16-18H,8-15H2,1-3H3,(H,29,34). The van der Waals surface area contributed by atoms with Crippen molar-refractivity contribution in [3.8, 4) is 0 Å². The Morgan fingerprint density at radius 2 is 1.78 bits per heavy atom. The van der Waals surface area contributed by atoms with Crippen molar-refractivity contribution in [2.24, 2.45) is 0 Å². The first-order valence-electron chi connectivity index (χ1n) is 12.1. The lowest BCUT2D eigenvalue weighted by Gasteiger charge is -2.27. The molecule has 1 saturated heterocycles. The van der Waals surface area contributed by atoms with Gasteiger partial charge in [0.15, 0.2) is 11.3 Å². The number of fused-ring (bicyclic) bond motifs is 1. The van der Waals surface area contributed by atoms with E-state index < -0.39 is 0 Å². The van der Waals surface area contributed by atoms with E-state index in [1.54, 1.807) is 24.3 Å². The quantitative estimate of drug-likeness (QED) is 0.488. The van der Waals surface area contributed by atoms with Crippen LogP contribution in [0, 0.1) is 5.82 Å². The van der Waals surface area contributed by atoms with Gasteiger partial charge < -0.3 is 29.2 Å². The number of benzene rings is 2. The van der Waals surface area contributed by atoms with Crippen LogP contribution in [0.3, 0.4) is 0 Å². The van der Waals surface area contributed by atoms with Gasteiger partial charge in [-0.2, -0.15) is 0 Å². The molecule has 0 unspecified atom stereocenters. The summed E-state index contributed by atoms with van der Waals surface area (Å²) in [5.41, 5.74) is 2.36. The normalized spacial score (nSPS) is 13.9. The van der Waals surface area contributed by atoms with Crippen LogP contribution in [0.25, 0.3) is 11.0 Å². The maximum atomic E-state index is 13.3. The van der Waals surface area contributed by atoms with Crippen molar-refractivity contribution in [2.45, 2.75) is 6.42 Å². The molecule has 0 atom stereocenters. The highest BCUT2D eigenvalue weighted by molar-refractivity contribution is 5.98. The van der Waals surface area contributed by atoms with Crippen molar-refractivity contribution in [2.75, 3.05) is 76.9 Å². The largest absolute Gasteiger partial charge is 0.440 e. The third-order valence-corrected chi connectivity index (χ3v) is 6.31. The summed E-state index contributed by atoms with van der Waals surface area (Å²) in [5.74, 6) is -0.0146. The van der Waals surface area contributed by atoms with Crippen LogP contribution in [0.1, 0.15) is 15.9 Å². The van der Waals surface area contributed by atoms with Gasteiger partial charge in [0.1, 0.15) is 11.4 Å². The number of likely N-dealkylation sites (N-methyl/N-ethyl adjacent to an activating group) is 2. The summed E-state index contributed by atoms with van der Waals surface area (Å²) in [6.45, 7) is 4.22. The summed E-state index contributed by atoms with van der Waals surface area (Å²) in [5, 5.41) is 3.30. The molecule has 1 N–H and O–H groups in total. The zero-order chi connectivity index (χ0) is 25.7. The number of hydrogen-bond acceptors (Lipinski definition) is 7. The molecule has 4 rings (SSSR count). The van der Waals surface area contributed by atoms with Crippen molar-refractivity contribution in [3.05, 3.63) is 69.6 Å². The first-order valence-corrected chi connectivity index (χ1v) is 12.1. The third kappa shape index (κ3) is 6.22. The number of halogens is 1. The fourth-order valence-corrected chi connectivity index (χ4v) is 4.18. The van der Waals surface area contributed by atoms with Crippen LogP contribution in [-0.2, 0) is 11.2 Å². The summed E-state index contributed by atoms with van der Waals surface area (Å²) in [4.78, 5) is 32.1. The monoisotopic (exact) mass is 496 g/mol. The Morgan fingerprint density at radius 1 is 1.06 bits per heavy atom. The fourth-order valence-electron chi connectivity index (χ4n) is 4.18. The molecule has 1 aliphatic rings. The van der Waals surface area contributed by atoms with Crippen LogP contribution >= 0.6 is 0 Å². The Kier molecular flexibility index (Phi) is 8.22. The van der Waals surface area contributed by atoms with E-state index in [1.165, 1.54) is 18.2 Å². The number of ether oxygens (including phenoxy) is 1. The van der Waals surface area contributed by atoms with Gasteiger partial charge in [-0.05, 0) is 62.5 Å². The number of carbonyl (C=O) groups is 1. The molecule has 1 fully saturated rings. The molecule has 0 spiro atoms. The van der Waals surface area contributed by atoms with E-state index in [1.807, 2.05) is 35.8 Å². The van der Waals surface area contributed by atoms with Crippen LogP contribution in [0.15, 0.2) is 51.7 Å². The molecular formula is C27H33FN4O4. The van der Waals surface area contributed by atoms with Crippen LogP contribution in [0.4, 0.5) is 16.0 Å². The van der Waals surface area contributed by atoms with Gasteiger partial charge in [-0.15, -0.1) is 0 Å². The van der Waals surface area contributed by atoms with Crippen molar-refractivity contribution in [1.82, 2.24) is 10.2 Å². The highest BCUT2D eigenvalue weighted by Gasteiger charge is 2.19. The first kappa shape index (κ1) is 25.7. The molecule has 0 radical (unpaired) electrons. The molecule has 36 heavy (non-hydrogen) atoms. The molecule has 1 amide bonds. The minimum atomic E-state index is -0.288. The average molecular weight is 497 g/mol. The fraction of sp³-hybridized carbons (Fsp3) is 0.407. The second kappa shape index (κ2) is 11.5. The number of amides is 1. The van der Waals surface area contributed by atoms with Gasteiger partial charge >= 0.3 is 0 Å². The number of carbonyl (C=O) groups excluding carboxylic acids is 1. The highest BCUT2D eigenvalue weighted by Crippen LogP contribution is 2.26. The van der Waals surface area contributed by atoms with Gasteiger partial charge in [-0.25, -0.2) is 4.39 Å². The van der Waals surface area contributed by atoms with Crippen LogP contribution in [0.2, 0.25) is 0 Å². The molecule has 8 nitrogen and oxygen atoms in total. The van der Waals surface area contributed by atoms with Gasteiger partial charge in [0.25, 0.3) is 5.91 Å². The zero-order valence-electron chi connectivity index (χ0n) is 21.1. The lowest BCUT2D eigenvalue weighted by molar-refractivity contribution is 0.0951. The lowest BCUT2D eigenvalue weighted by Crippen LogP contribution is -2.36. The molecule has 1 aliphatic heterocycles. The second-order valence-corrected chi connectivity index (χ2v) is 9.27. The number of morpholine rings is 1. The van der Waals surface area contributed by atoms with Gasteiger partial charge in [-0.3, -0.25) is 9.59 Å². The molecule has 0 saturated carbocycles. The Bertz CT molecular complexity index is 1250. The van der Waals surface area contributed by atoms with Gasteiger partial charge in [0.05, 0.1) is 18.6 Å². The number of nitrogens with zero attached hydrogens (tertiary/aromatic N) is 3. The molecule has 2 heterocycles.